The maximum atomic E-state index is 10.8. The van der Waals surface area contributed by atoms with Crippen LogP contribution in [0.3, 0.4) is 0 Å². The van der Waals surface area contributed by atoms with Gasteiger partial charge in [0.25, 0.3) is 0 Å². The molecule has 2 rings (SSSR count). The summed E-state index contributed by atoms with van der Waals surface area (Å²) in [5.41, 5.74) is 3.61. The van der Waals surface area contributed by atoms with E-state index in [1.54, 1.807) is 19.3 Å². The van der Waals surface area contributed by atoms with E-state index in [-0.39, 0.29) is 0 Å². The smallest absolute Gasteiger partial charge is 0.345 e. The molecule has 0 saturated heterocycles. The second kappa shape index (κ2) is 4.32. The summed E-state index contributed by atoms with van der Waals surface area (Å²) in [5, 5.41) is 13.7. The molecule has 1 aromatic heterocycles. The molecule has 0 fully saturated rings. The average Bonchev–Trinajstić information content (AvgIpc) is 2.69. The lowest BCUT2D eigenvalue weighted by Crippen LogP contribution is -1.94. The maximum absolute atomic E-state index is 10.8. The topological polar surface area (TPSA) is 61.7 Å². The van der Waals surface area contributed by atoms with Crippen LogP contribution in [0, 0.1) is 0 Å². The zero-order chi connectivity index (χ0) is 11.5. The van der Waals surface area contributed by atoms with E-state index in [0.717, 1.165) is 15.6 Å². The number of hydrogen-bond acceptors (Lipinski definition) is 4. The number of carbonyl (C=O) groups is 1. The number of aromatic carboxylic acids is 1. The first-order valence-electron chi connectivity index (χ1n) is 4.67. The summed E-state index contributed by atoms with van der Waals surface area (Å²) >= 11 is 1.28. The Labute approximate surface area is 96.2 Å². The van der Waals surface area contributed by atoms with E-state index in [9.17, 15) is 4.79 Å². The van der Waals surface area contributed by atoms with Crippen molar-refractivity contribution < 1.29 is 9.90 Å². The molecule has 2 aromatic rings. The quantitative estimate of drug-likeness (QED) is 0.632. The van der Waals surface area contributed by atoms with Gasteiger partial charge in [-0.2, -0.15) is 5.10 Å². The van der Waals surface area contributed by atoms with Crippen LogP contribution in [0.4, 0.5) is 0 Å². The zero-order valence-corrected chi connectivity index (χ0v) is 9.41. The van der Waals surface area contributed by atoms with Crippen molar-refractivity contribution in [2.75, 3.05) is 7.05 Å². The lowest BCUT2D eigenvalue weighted by Gasteiger charge is -1.93. The minimum absolute atomic E-state index is 0.359. The van der Waals surface area contributed by atoms with Crippen molar-refractivity contribution in [1.82, 2.24) is 5.43 Å². The van der Waals surface area contributed by atoms with Gasteiger partial charge in [-0.25, -0.2) is 4.79 Å². The van der Waals surface area contributed by atoms with Crippen LogP contribution in [0.25, 0.3) is 10.1 Å². The Balaban J connectivity index is 2.45. The predicted molar refractivity (Wildman–Crippen MR) is 65.4 cm³/mol. The standard InChI is InChI=1S/C11H10N2O2S/c1-12-13-6-7-2-3-9-8(4-7)5-10(16-9)11(14)15/h2-6,12H,1H3,(H,14,15). The largest absolute Gasteiger partial charge is 0.477 e. The molecule has 5 heteroatoms. The lowest BCUT2D eigenvalue weighted by molar-refractivity contribution is 0.0702. The molecule has 1 heterocycles. The molecule has 16 heavy (non-hydrogen) atoms. The van der Waals surface area contributed by atoms with E-state index in [0.29, 0.717) is 4.88 Å². The van der Waals surface area contributed by atoms with Crippen molar-refractivity contribution in [2.45, 2.75) is 0 Å². The Kier molecular flexibility index (Phi) is 2.87. The first-order valence-corrected chi connectivity index (χ1v) is 5.49. The van der Waals surface area contributed by atoms with Gasteiger partial charge in [-0.1, -0.05) is 6.07 Å². The number of thiophene rings is 1. The van der Waals surface area contributed by atoms with Crippen LogP contribution in [0.1, 0.15) is 15.2 Å². The number of rotatable bonds is 3. The first-order chi connectivity index (χ1) is 7.70. The number of fused-ring (bicyclic) bond motifs is 1. The van der Waals surface area contributed by atoms with Gasteiger partial charge in [0.15, 0.2) is 0 Å². The average molecular weight is 234 g/mol. The highest BCUT2D eigenvalue weighted by molar-refractivity contribution is 7.20. The third kappa shape index (κ3) is 2.04. The Hall–Kier alpha value is -1.88. The molecule has 0 bridgehead atoms. The van der Waals surface area contributed by atoms with Gasteiger partial charge in [0.2, 0.25) is 0 Å². The second-order valence-corrected chi connectivity index (χ2v) is 4.28. The Morgan fingerprint density at radius 3 is 3.00 bits per heavy atom. The van der Waals surface area contributed by atoms with E-state index >= 15 is 0 Å². The number of benzene rings is 1. The Bertz CT molecular complexity index is 560. The monoisotopic (exact) mass is 234 g/mol. The summed E-state index contributed by atoms with van der Waals surface area (Å²) in [7, 11) is 1.72. The fourth-order valence-electron chi connectivity index (χ4n) is 1.39. The van der Waals surface area contributed by atoms with Crippen molar-refractivity contribution in [3.05, 3.63) is 34.7 Å². The van der Waals surface area contributed by atoms with E-state index in [1.165, 1.54) is 11.3 Å². The molecule has 0 aliphatic carbocycles. The molecule has 0 aliphatic rings. The minimum Gasteiger partial charge on any atom is -0.477 e. The Morgan fingerprint density at radius 1 is 1.50 bits per heavy atom. The fourth-order valence-corrected chi connectivity index (χ4v) is 2.27. The first kappa shape index (κ1) is 10.6. The second-order valence-electron chi connectivity index (χ2n) is 3.19. The van der Waals surface area contributed by atoms with Crippen LogP contribution >= 0.6 is 11.3 Å². The molecule has 82 valence electrons. The molecule has 0 radical (unpaired) electrons. The van der Waals surface area contributed by atoms with Crippen LogP contribution in [0.15, 0.2) is 29.4 Å². The number of carboxylic acids is 1. The molecule has 1 aromatic carbocycles. The molecule has 0 amide bonds. The summed E-state index contributed by atoms with van der Waals surface area (Å²) in [6.45, 7) is 0. The number of carboxylic acid groups (broad SMARTS) is 1. The molecule has 2 N–H and O–H groups in total. The van der Waals surface area contributed by atoms with Gasteiger partial charge in [0.05, 0.1) is 6.21 Å². The molecule has 0 saturated carbocycles. The van der Waals surface area contributed by atoms with Gasteiger partial charge in [-0.3, -0.25) is 0 Å². The van der Waals surface area contributed by atoms with Crippen LogP contribution in [0.5, 0.6) is 0 Å². The van der Waals surface area contributed by atoms with E-state index in [2.05, 4.69) is 10.5 Å². The van der Waals surface area contributed by atoms with Gasteiger partial charge in [-0.05, 0) is 29.1 Å². The minimum atomic E-state index is -0.883. The summed E-state index contributed by atoms with van der Waals surface area (Å²) in [6, 6.07) is 7.41. The highest BCUT2D eigenvalue weighted by atomic mass is 32.1. The van der Waals surface area contributed by atoms with Crippen molar-refractivity contribution in [2.24, 2.45) is 5.10 Å². The lowest BCUT2D eigenvalue weighted by atomic mass is 10.2. The fraction of sp³-hybridized carbons (Fsp3) is 0.0909. The maximum Gasteiger partial charge on any atom is 0.345 e. The third-order valence-corrected chi connectivity index (χ3v) is 3.20. The Morgan fingerprint density at radius 2 is 2.31 bits per heavy atom. The number of hydrogen-bond donors (Lipinski definition) is 2. The third-order valence-electron chi connectivity index (χ3n) is 2.09. The van der Waals surface area contributed by atoms with E-state index in [4.69, 9.17) is 5.11 Å². The number of hydrazone groups is 1. The number of nitrogens with one attached hydrogen (secondary N) is 1. The molecule has 0 atom stereocenters. The highest BCUT2D eigenvalue weighted by Crippen LogP contribution is 2.26. The summed E-state index contributed by atoms with van der Waals surface area (Å²) < 4.78 is 0.971. The normalized spacial score (nSPS) is 11.1. The van der Waals surface area contributed by atoms with E-state index in [1.807, 2.05) is 18.2 Å². The van der Waals surface area contributed by atoms with Crippen molar-refractivity contribution in [3.8, 4) is 0 Å². The van der Waals surface area contributed by atoms with Crippen LogP contribution in [-0.2, 0) is 0 Å². The van der Waals surface area contributed by atoms with Crippen molar-refractivity contribution >= 4 is 33.6 Å². The predicted octanol–water partition coefficient (Wildman–Crippen LogP) is 2.15. The molecule has 0 unspecified atom stereocenters. The van der Waals surface area contributed by atoms with Gasteiger partial charge < -0.3 is 10.5 Å². The molecular weight excluding hydrogens is 224 g/mol. The van der Waals surface area contributed by atoms with E-state index < -0.39 is 5.97 Å². The molecule has 4 nitrogen and oxygen atoms in total. The van der Waals surface area contributed by atoms with Crippen molar-refractivity contribution in [1.29, 1.82) is 0 Å². The van der Waals surface area contributed by atoms with Gasteiger partial charge in [0.1, 0.15) is 4.88 Å². The van der Waals surface area contributed by atoms with Gasteiger partial charge in [0, 0.05) is 11.7 Å². The zero-order valence-electron chi connectivity index (χ0n) is 8.60. The SMILES string of the molecule is CNN=Cc1ccc2sc(C(=O)O)cc2c1. The molecule has 0 aliphatic heterocycles. The van der Waals surface area contributed by atoms with Crippen LogP contribution < -0.4 is 5.43 Å². The van der Waals surface area contributed by atoms with Crippen molar-refractivity contribution in [3.63, 3.8) is 0 Å². The highest BCUT2D eigenvalue weighted by Gasteiger charge is 2.07. The van der Waals surface area contributed by atoms with Gasteiger partial charge in [-0.15, -0.1) is 11.3 Å². The summed E-state index contributed by atoms with van der Waals surface area (Å²) in [4.78, 5) is 11.2. The summed E-state index contributed by atoms with van der Waals surface area (Å²) in [6.07, 6.45) is 1.69. The summed E-state index contributed by atoms with van der Waals surface area (Å²) in [5.74, 6) is -0.883. The molecule has 0 spiro atoms. The van der Waals surface area contributed by atoms with Crippen LogP contribution in [-0.4, -0.2) is 24.3 Å². The molecular formula is C11H10N2O2S. The number of nitrogens with zero attached hydrogens (tertiary/aromatic N) is 1. The van der Waals surface area contributed by atoms with Crippen LogP contribution in [0.2, 0.25) is 0 Å². The van der Waals surface area contributed by atoms with Gasteiger partial charge >= 0.3 is 5.97 Å².